The van der Waals surface area contributed by atoms with Crippen LogP contribution in [0.25, 0.3) is 0 Å². The van der Waals surface area contributed by atoms with Crippen LogP contribution < -0.4 is 10.6 Å². The van der Waals surface area contributed by atoms with Gasteiger partial charge >= 0.3 is 11.9 Å². The third-order valence-corrected chi connectivity index (χ3v) is 4.78. The Morgan fingerprint density at radius 3 is 1.81 bits per heavy atom. The van der Waals surface area contributed by atoms with Crippen molar-refractivity contribution in [2.24, 2.45) is 0 Å². The van der Waals surface area contributed by atoms with Crippen LogP contribution in [-0.4, -0.2) is 41.0 Å². The molecule has 0 bridgehead atoms. The second kappa shape index (κ2) is 9.57. The summed E-state index contributed by atoms with van der Waals surface area (Å²) < 4.78 is 0. The van der Waals surface area contributed by atoms with Gasteiger partial charge in [0, 0.05) is 12.7 Å². The van der Waals surface area contributed by atoms with Crippen molar-refractivity contribution in [3.63, 3.8) is 0 Å². The zero-order chi connectivity index (χ0) is 23.3. The maximum absolute atomic E-state index is 12.6. The van der Waals surface area contributed by atoms with Crippen molar-refractivity contribution in [1.29, 1.82) is 0 Å². The van der Waals surface area contributed by atoms with Crippen molar-refractivity contribution in [3.05, 3.63) is 100 Å². The van der Waals surface area contributed by atoms with Gasteiger partial charge in [0.05, 0.1) is 22.3 Å². The van der Waals surface area contributed by atoms with E-state index in [1.54, 1.807) is 42.5 Å². The van der Waals surface area contributed by atoms with Crippen LogP contribution >= 0.6 is 0 Å². The summed E-state index contributed by atoms with van der Waals surface area (Å²) in [6, 6.07) is 17.5. The first-order valence-electron chi connectivity index (χ1n) is 9.61. The van der Waals surface area contributed by atoms with Crippen molar-refractivity contribution in [2.75, 3.05) is 12.4 Å². The number of hydrogen-bond donors (Lipinski definition) is 4. The molecule has 162 valence electrons. The highest BCUT2D eigenvalue weighted by molar-refractivity contribution is 6.10. The maximum Gasteiger partial charge on any atom is 0.336 e. The highest BCUT2D eigenvalue weighted by atomic mass is 16.4. The van der Waals surface area contributed by atoms with Gasteiger partial charge in [-0.15, -0.1) is 0 Å². The molecule has 8 nitrogen and oxygen atoms in total. The van der Waals surface area contributed by atoms with Crippen LogP contribution in [0.15, 0.2) is 66.7 Å². The van der Waals surface area contributed by atoms with Gasteiger partial charge in [-0.3, -0.25) is 9.59 Å². The number of carboxylic acids is 2. The minimum absolute atomic E-state index is 0.00909. The first-order valence-corrected chi connectivity index (χ1v) is 9.61. The molecule has 0 unspecified atom stereocenters. The third kappa shape index (κ3) is 4.99. The average molecular weight is 432 g/mol. The molecule has 0 aliphatic carbocycles. The van der Waals surface area contributed by atoms with E-state index in [-0.39, 0.29) is 28.7 Å². The first kappa shape index (κ1) is 22.2. The van der Waals surface area contributed by atoms with Crippen LogP contribution in [0.3, 0.4) is 0 Å². The fourth-order valence-electron chi connectivity index (χ4n) is 3.24. The summed E-state index contributed by atoms with van der Waals surface area (Å²) >= 11 is 0. The topological polar surface area (TPSA) is 133 Å². The van der Waals surface area contributed by atoms with Gasteiger partial charge < -0.3 is 20.8 Å². The fraction of sp³-hybridized carbons (Fsp3) is 0.0833. The molecular formula is C24H20N2O6. The summed E-state index contributed by atoms with van der Waals surface area (Å²) in [5.74, 6) is -3.56. The lowest BCUT2D eigenvalue weighted by Gasteiger charge is -2.11. The fourth-order valence-corrected chi connectivity index (χ4v) is 3.24. The number of hydrogen-bond acceptors (Lipinski definition) is 4. The number of anilines is 1. The Bertz CT molecular complexity index is 1200. The van der Waals surface area contributed by atoms with Crippen molar-refractivity contribution in [2.45, 2.75) is 6.42 Å². The van der Waals surface area contributed by atoms with E-state index < -0.39 is 23.8 Å². The highest BCUT2D eigenvalue weighted by Gasteiger charge is 2.19. The molecule has 0 saturated heterocycles. The normalized spacial score (nSPS) is 10.3. The van der Waals surface area contributed by atoms with Gasteiger partial charge in [0.15, 0.2) is 0 Å². The molecule has 2 amide bonds. The van der Waals surface area contributed by atoms with E-state index in [0.717, 1.165) is 0 Å². The van der Waals surface area contributed by atoms with E-state index in [1.807, 2.05) is 0 Å². The van der Waals surface area contributed by atoms with Crippen LogP contribution in [0.2, 0.25) is 0 Å². The van der Waals surface area contributed by atoms with Crippen molar-refractivity contribution in [1.82, 2.24) is 5.32 Å². The number of nitrogens with one attached hydrogen (secondary N) is 2. The number of para-hydroxylation sites is 1. The second-order valence-corrected chi connectivity index (χ2v) is 6.95. The molecule has 0 aliphatic heterocycles. The lowest BCUT2D eigenvalue weighted by molar-refractivity contribution is 0.0683. The molecule has 32 heavy (non-hydrogen) atoms. The molecule has 0 spiro atoms. The van der Waals surface area contributed by atoms with E-state index in [4.69, 9.17) is 0 Å². The van der Waals surface area contributed by atoms with Gasteiger partial charge in [-0.25, -0.2) is 9.59 Å². The van der Waals surface area contributed by atoms with Crippen LogP contribution in [-0.2, 0) is 6.42 Å². The van der Waals surface area contributed by atoms with E-state index in [0.29, 0.717) is 16.8 Å². The molecule has 8 heteroatoms. The Kier molecular flexibility index (Phi) is 6.65. The molecular weight excluding hydrogens is 412 g/mol. The molecule has 0 atom stereocenters. The number of amides is 2. The van der Waals surface area contributed by atoms with Crippen LogP contribution in [0.4, 0.5) is 5.69 Å². The Morgan fingerprint density at radius 2 is 1.25 bits per heavy atom. The Morgan fingerprint density at radius 1 is 0.688 bits per heavy atom. The number of rotatable bonds is 7. The minimum Gasteiger partial charge on any atom is -0.478 e. The summed E-state index contributed by atoms with van der Waals surface area (Å²) in [5.41, 5.74) is 1.47. The van der Waals surface area contributed by atoms with Gasteiger partial charge in [-0.1, -0.05) is 30.3 Å². The average Bonchev–Trinajstić information content (AvgIpc) is 2.78. The minimum atomic E-state index is -1.25. The van der Waals surface area contributed by atoms with Crippen molar-refractivity contribution in [3.8, 4) is 0 Å². The second-order valence-electron chi connectivity index (χ2n) is 6.95. The molecule has 4 N–H and O–H groups in total. The van der Waals surface area contributed by atoms with E-state index in [9.17, 15) is 29.4 Å². The first-order chi connectivity index (χ1) is 15.3. The summed E-state index contributed by atoms with van der Waals surface area (Å²) in [7, 11) is 1.40. The standard InChI is InChI=1S/C24H20N2O6/c1-25-21(27)19-12-14(8-10-18(19)23(29)30)11-15-7-9-17(20(13-15)24(31)32)22(28)26-16-5-3-2-4-6-16/h2-10,12-13H,11H2,1H3,(H,25,27)(H,26,28)(H,29,30)(H,31,32). The SMILES string of the molecule is CNC(=O)c1cc(Cc2ccc(C(=O)Nc3ccccc3)c(C(=O)O)c2)ccc1C(=O)O. The number of carboxylic acid groups (broad SMARTS) is 2. The number of aromatic carboxylic acids is 2. The largest absolute Gasteiger partial charge is 0.478 e. The molecule has 0 heterocycles. The maximum atomic E-state index is 12.6. The van der Waals surface area contributed by atoms with E-state index in [1.165, 1.54) is 31.3 Å². The van der Waals surface area contributed by atoms with Crippen LogP contribution in [0.1, 0.15) is 52.6 Å². The number of benzene rings is 3. The van der Waals surface area contributed by atoms with Gasteiger partial charge in [-0.2, -0.15) is 0 Å². The predicted octanol–water partition coefficient (Wildman–Crippen LogP) is 3.29. The summed E-state index contributed by atoms with van der Waals surface area (Å²) in [5, 5.41) is 24.0. The van der Waals surface area contributed by atoms with Crippen LogP contribution in [0, 0.1) is 0 Å². The zero-order valence-corrected chi connectivity index (χ0v) is 17.1. The van der Waals surface area contributed by atoms with Crippen molar-refractivity contribution >= 4 is 29.4 Å². The lowest BCUT2D eigenvalue weighted by atomic mass is 9.96. The molecule has 3 rings (SSSR count). The van der Waals surface area contributed by atoms with Gasteiger partial charge in [-0.05, 0) is 53.9 Å². The molecule has 0 aliphatic rings. The monoisotopic (exact) mass is 432 g/mol. The summed E-state index contributed by atoms with van der Waals surface area (Å²) in [6.07, 6.45) is 0.241. The quantitative estimate of drug-likeness (QED) is 0.453. The molecule has 3 aromatic rings. The van der Waals surface area contributed by atoms with E-state index in [2.05, 4.69) is 10.6 Å². The molecule has 3 aromatic carbocycles. The summed E-state index contributed by atoms with van der Waals surface area (Å²) in [6.45, 7) is 0. The molecule has 0 aromatic heterocycles. The smallest absolute Gasteiger partial charge is 0.336 e. The molecule has 0 saturated carbocycles. The predicted molar refractivity (Wildman–Crippen MR) is 117 cm³/mol. The molecule has 0 fully saturated rings. The van der Waals surface area contributed by atoms with Crippen molar-refractivity contribution < 1.29 is 29.4 Å². The van der Waals surface area contributed by atoms with Crippen LogP contribution in [0.5, 0.6) is 0 Å². The highest BCUT2D eigenvalue weighted by Crippen LogP contribution is 2.20. The van der Waals surface area contributed by atoms with Gasteiger partial charge in [0.25, 0.3) is 11.8 Å². The Labute approximate surface area is 183 Å². The van der Waals surface area contributed by atoms with Gasteiger partial charge in [0.1, 0.15) is 0 Å². The zero-order valence-electron chi connectivity index (χ0n) is 17.1. The van der Waals surface area contributed by atoms with E-state index >= 15 is 0 Å². The van der Waals surface area contributed by atoms with Gasteiger partial charge in [0.2, 0.25) is 0 Å². The molecule has 0 radical (unpaired) electrons. The number of carbonyl (C=O) groups is 4. The lowest BCUT2D eigenvalue weighted by Crippen LogP contribution is -2.21. The Balaban J connectivity index is 1.91. The third-order valence-electron chi connectivity index (χ3n) is 4.78. The number of carbonyl (C=O) groups excluding carboxylic acids is 2. The Hall–Kier alpha value is -4.46. The summed E-state index contributed by atoms with van der Waals surface area (Å²) in [4.78, 5) is 47.8.